The van der Waals surface area contributed by atoms with Gasteiger partial charge in [-0.3, -0.25) is 0 Å². The Labute approximate surface area is 108 Å². The molecular weight excluding hydrogens is 228 g/mol. The second-order valence-electron chi connectivity index (χ2n) is 4.32. The Kier molecular flexibility index (Phi) is 4.20. The van der Waals surface area contributed by atoms with Crippen molar-refractivity contribution in [3.05, 3.63) is 24.0 Å². The van der Waals surface area contributed by atoms with E-state index < -0.39 is 0 Å². The van der Waals surface area contributed by atoms with Gasteiger partial charge in [0.25, 0.3) is 0 Å². The van der Waals surface area contributed by atoms with Gasteiger partial charge in [0.15, 0.2) is 0 Å². The molecule has 2 rings (SSSR count). The van der Waals surface area contributed by atoms with Gasteiger partial charge in [-0.15, -0.1) is 0 Å². The van der Waals surface area contributed by atoms with Crippen molar-refractivity contribution in [2.45, 2.75) is 32.9 Å². The van der Waals surface area contributed by atoms with Crippen molar-refractivity contribution in [3.8, 4) is 5.75 Å². The molecule has 0 saturated carbocycles. The predicted molar refractivity (Wildman–Crippen MR) is 71.9 cm³/mol. The number of hydrogen-bond acceptors (Lipinski definition) is 3. The molecule has 0 saturated heterocycles. The molecule has 1 heterocycles. The smallest absolute Gasteiger partial charge is 0.135 e. The molecule has 0 bridgehead atoms. The van der Waals surface area contributed by atoms with Crippen molar-refractivity contribution in [3.63, 3.8) is 0 Å². The number of ether oxygens (including phenoxy) is 2. The summed E-state index contributed by atoms with van der Waals surface area (Å²) < 4.78 is 12.7. The summed E-state index contributed by atoms with van der Waals surface area (Å²) >= 11 is 0. The Morgan fingerprint density at radius 1 is 1.28 bits per heavy atom. The van der Waals surface area contributed by atoms with E-state index in [0.29, 0.717) is 6.61 Å². The normalized spacial score (nSPS) is 11.1. The molecule has 0 aliphatic rings. The summed E-state index contributed by atoms with van der Waals surface area (Å²) in [6.45, 7) is 3.72. The molecule has 0 aliphatic carbocycles. The van der Waals surface area contributed by atoms with Gasteiger partial charge >= 0.3 is 0 Å². The van der Waals surface area contributed by atoms with E-state index in [4.69, 9.17) is 9.47 Å². The molecule has 0 fully saturated rings. The topological polar surface area (TPSA) is 36.3 Å². The number of hydrogen-bond donors (Lipinski definition) is 0. The molecule has 0 atom stereocenters. The molecule has 18 heavy (non-hydrogen) atoms. The molecule has 0 aliphatic heterocycles. The predicted octanol–water partition coefficient (Wildman–Crippen LogP) is 2.99. The van der Waals surface area contributed by atoms with Crippen LogP contribution in [0.1, 0.15) is 25.6 Å². The molecule has 0 radical (unpaired) electrons. The number of rotatable bonds is 6. The zero-order valence-corrected chi connectivity index (χ0v) is 11.3. The first-order chi connectivity index (χ1) is 8.80. The minimum Gasteiger partial charge on any atom is -0.497 e. The number of fused-ring (bicyclic) bond motifs is 1. The van der Waals surface area contributed by atoms with Crippen molar-refractivity contribution < 1.29 is 9.47 Å². The van der Waals surface area contributed by atoms with Crippen LogP contribution in [0.5, 0.6) is 5.75 Å². The summed E-state index contributed by atoms with van der Waals surface area (Å²) in [4.78, 5) is 4.62. The molecule has 1 aromatic carbocycles. The molecule has 98 valence electrons. The third-order valence-electron chi connectivity index (χ3n) is 3.04. The van der Waals surface area contributed by atoms with Crippen LogP contribution < -0.4 is 4.74 Å². The Hall–Kier alpha value is -1.55. The van der Waals surface area contributed by atoms with Gasteiger partial charge in [-0.25, -0.2) is 4.98 Å². The van der Waals surface area contributed by atoms with Crippen LogP contribution in [0.2, 0.25) is 0 Å². The fourth-order valence-electron chi connectivity index (χ4n) is 2.09. The summed E-state index contributed by atoms with van der Waals surface area (Å²) in [6.07, 6.45) is 2.32. The van der Waals surface area contributed by atoms with Crippen molar-refractivity contribution >= 4 is 11.0 Å². The van der Waals surface area contributed by atoms with E-state index in [-0.39, 0.29) is 0 Å². The summed E-state index contributed by atoms with van der Waals surface area (Å²) in [5, 5.41) is 0. The largest absolute Gasteiger partial charge is 0.497 e. The third-order valence-corrected chi connectivity index (χ3v) is 3.04. The van der Waals surface area contributed by atoms with Crippen LogP contribution in [0.25, 0.3) is 11.0 Å². The first-order valence-electron chi connectivity index (χ1n) is 6.32. The number of unbranched alkanes of at least 4 members (excludes halogenated alkanes) is 1. The SMILES string of the molecule is CCCCn1c(COC)nc2cc(OC)ccc21. The lowest BCUT2D eigenvalue weighted by atomic mass is 10.3. The summed E-state index contributed by atoms with van der Waals surface area (Å²) in [7, 11) is 3.37. The van der Waals surface area contributed by atoms with Gasteiger partial charge < -0.3 is 14.0 Å². The van der Waals surface area contributed by atoms with E-state index in [1.54, 1.807) is 14.2 Å². The number of aryl methyl sites for hydroxylation is 1. The Morgan fingerprint density at radius 2 is 2.11 bits per heavy atom. The number of methoxy groups -OCH3 is 2. The number of benzene rings is 1. The van der Waals surface area contributed by atoms with Gasteiger partial charge in [0.2, 0.25) is 0 Å². The van der Waals surface area contributed by atoms with Gasteiger partial charge in [-0.1, -0.05) is 13.3 Å². The third kappa shape index (κ3) is 2.48. The Balaban J connectivity index is 2.45. The van der Waals surface area contributed by atoms with Gasteiger partial charge in [0.1, 0.15) is 18.2 Å². The van der Waals surface area contributed by atoms with Crippen LogP contribution in [-0.2, 0) is 17.9 Å². The molecule has 2 aromatic rings. The molecule has 0 N–H and O–H groups in total. The highest BCUT2D eigenvalue weighted by molar-refractivity contribution is 5.77. The monoisotopic (exact) mass is 248 g/mol. The van der Waals surface area contributed by atoms with Crippen LogP contribution in [0.3, 0.4) is 0 Å². The zero-order valence-electron chi connectivity index (χ0n) is 11.3. The number of nitrogens with zero attached hydrogens (tertiary/aromatic N) is 2. The first-order valence-corrected chi connectivity index (χ1v) is 6.32. The van der Waals surface area contributed by atoms with E-state index in [2.05, 4.69) is 22.5 Å². The van der Waals surface area contributed by atoms with E-state index >= 15 is 0 Å². The van der Waals surface area contributed by atoms with Crippen molar-refractivity contribution in [1.29, 1.82) is 0 Å². The maximum Gasteiger partial charge on any atom is 0.135 e. The fraction of sp³-hybridized carbons (Fsp3) is 0.500. The van der Waals surface area contributed by atoms with Gasteiger partial charge in [0, 0.05) is 19.7 Å². The maximum atomic E-state index is 5.23. The standard InChI is InChI=1S/C14H20N2O2/c1-4-5-8-16-13-7-6-11(18-3)9-12(13)15-14(16)10-17-2/h6-7,9H,4-5,8,10H2,1-3H3. The highest BCUT2D eigenvalue weighted by Crippen LogP contribution is 2.22. The van der Waals surface area contributed by atoms with Gasteiger partial charge in [-0.2, -0.15) is 0 Å². The van der Waals surface area contributed by atoms with Gasteiger partial charge in [-0.05, 0) is 18.6 Å². The maximum absolute atomic E-state index is 5.23. The second kappa shape index (κ2) is 5.87. The average Bonchev–Trinajstić information content (AvgIpc) is 2.73. The minimum absolute atomic E-state index is 0.542. The molecular formula is C14H20N2O2. The number of imidazole rings is 1. The highest BCUT2D eigenvalue weighted by atomic mass is 16.5. The lowest BCUT2D eigenvalue weighted by Crippen LogP contribution is -2.04. The quantitative estimate of drug-likeness (QED) is 0.788. The molecule has 1 aromatic heterocycles. The van der Waals surface area contributed by atoms with Crippen molar-refractivity contribution in [1.82, 2.24) is 9.55 Å². The molecule has 4 nitrogen and oxygen atoms in total. The van der Waals surface area contributed by atoms with Crippen LogP contribution in [0.15, 0.2) is 18.2 Å². The van der Waals surface area contributed by atoms with Crippen LogP contribution in [0.4, 0.5) is 0 Å². The van der Waals surface area contributed by atoms with Crippen molar-refractivity contribution in [2.24, 2.45) is 0 Å². The van der Waals surface area contributed by atoms with E-state index in [9.17, 15) is 0 Å². The fourth-order valence-corrected chi connectivity index (χ4v) is 2.09. The average molecular weight is 248 g/mol. The first kappa shape index (κ1) is 12.9. The second-order valence-corrected chi connectivity index (χ2v) is 4.32. The Bertz CT molecular complexity index is 520. The van der Waals surface area contributed by atoms with E-state index in [0.717, 1.165) is 35.6 Å². The highest BCUT2D eigenvalue weighted by Gasteiger charge is 2.10. The van der Waals surface area contributed by atoms with Crippen LogP contribution in [0, 0.1) is 0 Å². The lowest BCUT2D eigenvalue weighted by molar-refractivity contribution is 0.174. The zero-order chi connectivity index (χ0) is 13.0. The van der Waals surface area contributed by atoms with E-state index in [1.807, 2.05) is 12.1 Å². The van der Waals surface area contributed by atoms with Crippen molar-refractivity contribution in [2.75, 3.05) is 14.2 Å². The van der Waals surface area contributed by atoms with Crippen LogP contribution >= 0.6 is 0 Å². The molecule has 0 spiro atoms. The molecule has 0 amide bonds. The summed E-state index contributed by atoms with van der Waals surface area (Å²) in [5.74, 6) is 1.82. The summed E-state index contributed by atoms with van der Waals surface area (Å²) in [6, 6.07) is 6.01. The van der Waals surface area contributed by atoms with E-state index in [1.165, 1.54) is 6.42 Å². The molecule has 4 heteroatoms. The Morgan fingerprint density at radius 3 is 2.78 bits per heavy atom. The molecule has 0 unspecified atom stereocenters. The number of aromatic nitrogens is 2. The van der Waals surface area contributed by atoms with Gasteiger partial charge in [0.05, 0.1) is 18.1 Å². The van der Waals surface area contributed by atoms with Crippen LogP contribution in [-0.4, -0.2) is 23.8 Å². The minimum atomic E-state index is 0.542. The lowest BCUT2D eigenvalue weighted by Gasteiger charge is -2.07. The summed E-state index contributed by atoms with van der Waals surface area (Å²) in [5.41, 5.74) is 2.12.